The maximum absolute atomic E-state index is 11.4. The minimum Gasteiger partial charge on any atom is -0.377 e. The number of pyridine rings is 1. The summed E-state index contributed by atoms with van der Waals surface area (Å²) in [5.74, 6) is 0.516. The lowest BCUT2D eigenvalue weighted by atomic mass is 10.2. The van der Waals surface area contributed by atoms with E-state index in [1.807, 2.05) is 0 Å². The summed E-state index contributed by atoms with van der Waals surface area (Å²) in [4.78, 5) is 22.2. The molecule has 0 spiro atoms. The van der Waals surface area contributed by atoms with Crippen molar-refractivity contribution in [3.63, 3.8) is 0 Å². The SMILES string of the molecule is COCc1nc(-c2ccncc2)cc(=O)[nH]1. The Balaban J connectivity index is 2.45. The van der Waals surface area contributed by atoms with Crippen molar-refractivity contribution in [2.24, 2.45) is 0 Å². The predicted molar refractivity (Wildman–Crippen MR) is 58.8 cm³/mol. The molecule has 0 atom stereocenters. The van der Waals surface area contributed by atoms with Crippen LogP contribution in [-0.2, 0) is 11.3 Å². The highest BCUT2D eigenvalue weighted by Gasteiger charge is 2.03. The maximum atomic E-state index is 11.4. The largest absolute Gasteiger partial charge is 0.377 e. The summed E-state index contributed by atoms with van der Waals surface area (Å²) in [7, 11) is 1.55. The van der Waals surface area contributed by atoms with Gasteiger partial charge in [-0.25, -0.2) is 4.98 Å². The van der Waals surface area contributed by atoms with Crippen molar-refractivity contribution in [2.45, 2.75) is 6.61 Å². The third-order valence-corrected chi connectivity index (χ3v) is 2.05. The summed E-state index contributed by atoms with van der Waals surface area (Å²) in [6.07, 6.45) is 3.32. The number of nitrogens with one attached hydrogen (secondary N) is 1. The number of methoxy groups -OCH3 is 1. The van der Waals surface area contributed by atoms with Crippen LogP contribution in [0.5, 0.6) is 0 Å². The van der Waals surface area contributed by atoms with Crippen molar-refractivity contribution >= 4 is 0 Å². The van der Waals surface area contributed by atoms with Gasteiger partial charge in [0.05, 0.1) is 5.69 Å². The topological polar surface area (TPSA) is 67.9 Å². The molecule has 82 valence electrons. The Kier molecular flexibility index (Phi) is 3.07. The molecule has 2 rings (SSSR count). The number of rotatable bonds is 3. The van der Waals surface area contributed by atoms with E-state index in [0.29, 0.717) is 11.5 Å². The fraction of sp³-hybridized carbons (Fsp3) is 0.182. The van der Waals surface area contributed by atoms with Crippen LogP contribution in [0.3, 0.4) is 0 Å². The minimum atomic E-state index is -0.186. The lowest BCUT2D eigenvalue weighted by molar-refractivity contribution is 0.177. The Labute approximate surface area is 92.2 Å². The van der Waals surface area contributed by atoms with E-state index >= 15 is 0 Å². The number of ether oxygens (including phenoxy) is 1. The Morgan fingerprint density at radius 1 is 1.38 bits per heavy atom. The van der Waals surface area contributed by atoms with Gasteiger partial charge in [0.25, 0.3) is 5.56 Å². The van der Waals surface area contributed by atoms with Crippen LogP contribution in [0.2, 0.25) is 0 Å². The molecule has 0 fully saturated rings. The van der Waals surface area contributed by atoms with Gasteiger partial charge in [-0.15, -0.1) is 0 Å². The molecule has 0 aliphatic heterocycles. The van der Waals surface area contributed by atoms with Crippen LogP contribution in [0.1, 0.15) is 5.82 Å². The third-order valence-electron chi connectivity index (χ3n) is 2.05. The van der Waals surface area contributed by atoms with Gasteiger partial charge in [0.1, 0.15) is 12.4 Å². The Bertz CT molecular complexity index is 522. The Hall–Kier alpha value is -2.01. The fourth-order valence-corrected chi connectivity index (χ4v) is 1.38. The smallest absolute Gasteiger partial charge is 0.251 e. The van der Waals surface area contributed by atoms with Gasteiger partial charge in [0.15, 0.2) is 0 Å². The van der Waals surface area contributed by atoms with Crippen LogP contribution >= 0.6 is 0 Å². The summed E-state index contributed by atoms with van der Waals surface area (Å²) in [6.45, 7) is 0.286. The molecule has 0 bridgehead atoms. The van der Waals surface area contributed by atoms with Crippen molar-refractivity contribution in [1.29, 1.82) is 0 Å². The van der Waals surface area contributed by atoms with Gasteiger partial charge in [0.2, 0.25) is 0 Å². The molecule has 0 saturated heterocycles. The van der Waals surface area contributed by atoms with Gasteiger partial charge >= 0.3 is 0 Å². The normalized spacial score (nSPS) is 10.3. The number of hydrogen-bond acceptors (Lipinski definition) is 4. The standard InChI is InChI=1S/C11H11N3O2/c1-16-7-10-13-9(6-11(15)14-10)8-2-4-12-5-3-8/h2-6H,7H2,1H3,(H,13,14,15). The lowest BCUT2D eigenvalue weighted by Crippen LogP contribution is -2.11. The highest BCUT2D eigenvalue weighted by atomic mass is 16.5. The zero-order chi connectivity index (χ0) is 11.4. The maximum Gasteiger partial charge on any atom is 0.251 e. The Morgan fingerprint density at radius 3 is 2.81 bits per heavy atom. The van der Waals surface area contributed by atoms with Crippen molar-refractivity contribution in [3.05, 3.63) is 46.8 Å². The second-order valence-corrected chi connectivity index (χ2v) is 3.25. The molecule has 0 amide bonds. The third kappa shape index (κ3) is 2.32. The highest BCUT2D eigenvalue weighted by molar-refractivity contribution is 5.57. The van der Waals surface area contributed by atoms with Crippen LogP contribution in [0.15, 0.2) is 35.4 Å². The average Bonchev–Trinajstić information content (AvgIpc) is 2.30. The molecule has 1 N–H and O–H groups in total. The van der Waals surface area contributed by atoms with Gasteiger partial charge in [0, 0.05) is 31.1 Å². The van der Waals surface area contributed by atoms with E-state index in [9.17, 15) is 4.79 Å². The zero-order valence-corrected chi connectivity index (χ0v) is 8.80. The first-order chi connectivity index (χ1) is 7.79. The number of H-pyrrole nitrogens is 1. The van der Waals surface area contributed by atoms with Gasteiger partial charge in [-0.2, -0.15) is 0 Å². The van der Waals surface area contributed by atoms with Gasteiger partial charge < -0.3 is 9.72 Å². The fourth-order valence-electron chi connectivity index (χ4n) is 1.38. The molecule has 0 aromatic carbocycles. The van der Waals surface area contributed by atoms with Gasteiger partial charge in [-0.1, -0.05) is 0 Å². The molecule has 0 unspecified atom stereocenters. The van der Waals surface area contributed by atoms with Crippen molar-refractivity contribution in [1.82, 2.24) is 15.0 Å². The summed E-state index contributed by atoms with van der Waals surface area (Å²) >= 11 is 0. The van der Waals surface area contributed by atoms with E-state index in [1.165, 1.54) is 6.07 Å². The molecule has 16 heavy (non-hydrogen) atoms. The molecule has 2 heterocycles. The lowest BCUT2D eigenvalue weighted by Gasteiger charge is -2.03. The number of aromatic nitrogens is 3. The molecule has 0 radical (unpaired) electrons. The van der Waals surface area contributed by atoms with Crippen LogP contribution < -0.4 is 5.56 Å². The Morgan fingerprint density at radius 2 is 2.12 bits per heavy atom. The number of nitrogens with zero attached hydrogens (tertiary/aromatic N) is 2. The first-order valence-corrected chi connectivity index (χ1v) is 4.79. The summed E-state index contributed by atoms with van der Waals surface area (Å²) in [5.41, 5.74) is 1.30. The second-order valence-electron chi connectivity index (χ2n) is 3.25. The minimum absolute atomic E-state index is 0.186. The molecule has 5 nitrogen and oxygen atoms in total. The van der Waals surface area contributed by atoms with E-state index in [4.69, 9.17) is 4.74 Å². The van der Waals surface area contributed by atoms with Crippen LogP contribution in [-0.4, -0.2) is 22.1 Å². The van der Waals surface area contributed by atoms with E-state index in [0.717, 1.165) is 5.56 Å². The van der Waals surface area contributed by atoms with Crippen LogP contribution in [0.25, 0.3) is 11.3 Å². The summed E-state index contributed by atoms with van der Waals surface area (Å²) in [5, 5.41) is 0. The summed E-state index contributed by atoms with van der Waals surface area (Å²) < 4.78 is 4.93. The van der Waals surface area contributed by atoms with E-state index in [2.05, 4.69) is 15.0 Å². The van der Waals surface area contributed by atoms with Crippen molar-refractivity contribution in [2.75, 3.05) is 7.11 Å². The molecule has 0 aliphatic carbocycles. The second kappa shape index (κ2) is 4.67. The average molecular weight is 217 g/mol. The first-order valence-electron chi connectivity index (χ1n) is 4.79. The highest BCUT2D eigenvalue weighted by Crippen LogP contribution is 2.13. The first kappa shape index (κ1) is 10.5. The van der Waals surface area contributed by atoms with Crippen LogP contribution in [0.4, 0.5) is 0 Å². The predicted octanol–water partition coefficient (Wildman–Crippen LogP) is 0.978. The molecular formula is C11H11N3O2. The quantitative estimate of drug-likeness (QED) is 0.832. The number of hydrogen-bond donors (Lipinski definition) is 1. The van der Waals surface area contributed by atoms with E-state index < -0.39 is 0 Å². The van der Waals surface area contributed by atoms with Crippen molar-refractivity contribution in [3.8, 4) is 11.3 Å². The summed E-state index contributed by atoms with van der Waals surface area (Å²) in [6, 6.07) is 5.06. The molecule has 5 heteroatoms. The molecule has 0 aliphatic rings. The number of aromatic amines is 1. The van der Waals surface area contributed by atoms with Crippen molar-refractivity contribution < 1.29 is 4.74 Å². The monoisotopic (exact) mass is 217 g/mol. The zero-order valence-electron chi connectivity index (χ0n) is 8.80. The van der Waals surface area contributed by atoms with E-state index in [-0.39, 0.29) is 12.2 Å². The molecule has 2 aromatic rings. The van der Waals surface area contributed by atoms with Gasteiger partial charge in [-0.05, 0) is 12.1 Å². The van der Waals surface area contributed by atoms with E-state index in [1.54, 1.807) is 31.6 Å². The molecular weight excluding hydrogens is 206 g/mol. The van der Waals surface area contributed by atoms with Crippen LogP contribution in [0, 0.1) is 0 Å². The molecule has 2 aromatic heterocycles. The van der Waals surface area contributed by atoms with Gasteiger partial charge in [-0.3, -0.25) is 9.78 Å². The molecule has 0 saturated carbocycles.